The van der Waals surface area contributed by atoms with E-state index in [2.05, 4.69) is 10.5 Å². The van der Waals surface area contributed by atoms with Crippen LogP contribution in [-0.2, 0) is 30.9 Å². The Bertz CT molecular complexity index is 1130. The number of ketones is 1. The predicted octanol–water partition coefficient (Wildman–Crippen LogP) is 2.20. The lowest BCUT2D eigenvalue weighted by Crippen LogP contribution is -2.43. The lowest BCUT2D eigenvalue weighted by atomic mass is 10.00. The minimum absolute atomic E-state index is 0.0211. The standard InChI is InChI=1S/C21H27N3O7S2/c1-12-20(14(3)31-23-12)33(28,29)24-9-5-6-16(11-24)21(27)30-13(2)19(26)18-8-7-17(32-18)10-22-15(4)25/h7-8,13,16H,5-6,9-11H2,1-4H3,(H,22,25). The first-order chi connectivity index (χ1) is 15.5. The number of ether oxygens (including phenoxy) is 1. The highest BCUT2D eigenvalue weighted by atomic mass is 32.2. The van der Waals surface area contributed by atoms with E-state index in [9.17, 15) is 22.8 Å². The van der Waals surface area contributed by atoms with Crippen molar-refractivity contribution in [3.8, 4) is 0 Å². The van der Waals surface area contributed by atoms with Gasteiger partial charge in [0.05, 0.1) is 17.3 Å². The van der Waals surface area contributed by atoms with E-state index >= 15 is 0 Å². The maximum atomic E-state index is 13.1. The zero-order valence-electron chi connectivity index (χ0n) is 18.9. The first-order valence-electron chi connectivity index (χ1n) is 10.5. The molecule has 1 N–H and O–H groups in total. The van der Waals surface area contributed by atoms with Crippen molar-refractivity contribution in [3.05, 3.63) is 33.3 Å². The van der Waals surface area contributed by atoms with Crippen LogP contribution in [0.2, 0.25) is 0 Å². The SMILES string of the molecule is CC(=O)NCc1ccc(C(=O)C(C)OC(=O)C2CCCN(S(=O)(=O)c3c(C)noc3C)C2)s1. The second-order valence-corrected chi connectivity index (χ2v) is 11.0. The molecule has 1 amide bonds. The zero-order valence-corrected chi connectivity index (χ0v) is 20.5. The molecule has 12 heteroatoms. The molecule has 0 aromatic carbocycles. The number of hydrogen-bond donors (Lipinski definition) is 1. The third-order valence-corrected chi connectivity index (χ3v) is 8.57. The van der Waals surface area contributed by atoms with E-state index in [0.717, 1.165) is 4.88 Å². The summed E-state index contributed by atoms with van der Waals surface area (Å²) in [4.78, 5) is 37.7. The molecule has 0 radical (unpaired) electrons. The Hall–Kier alpha value is -2.57. The maximum Gasteiger partial charge on any atom is 0.310 e. The molecule has 2 aromatic heterocycles. The van der Waals surface area contributed by atoms with E-state index in [1.807, 2.05) is 0 Å². The third-order valence-electron chi connectivity index (χ3n) is 5.36. The Labute approximate surface area is 196 Å². The number of aryl methyl sites for hydroxylation is 2. The second-order valence-electron chi connectivity index (χ2n) is 7.97. The van der Waals surface area contributed by atoms with Crippen LogP contribution in [0.25, 0.3) is 0 Å². The van der Waals surface area contributed by atoms with Crippen molar-refractivity contribution in [1.29, 1.82) is 0 Å². The first-order valence-corrected chi connectivity index (χ1v) is 12.8. The van der Waals surface area contributed by atoms with Crippen LogP contribution < -0.4 is 5.32 Å². The van der Waals surface area contributed by atoms with E-state index in [-0.39, 0.29) is 41.1 Å². The summed E-state index contributed by atoms with van der Waals surface area (Å²) in [5.74, 6) is -1.60. The van der Waals surface area contributed by atoms with Crippen molar-refractivity contribution in [1.82, 2.24) is 14.8 Å². The van der Waals surface area contributed by atoms with Crippen LogP contribution >= 0.6 is 11.3 Å². The van der Waals surface area contributed by atoms with Crippen molar-refractivity contribution in [3.63, 3.8) is 0 Å². The van der Waals surface area contributed by atoms with Crippen LogP contribution in [0.1, 0.15) is 52.7 Å². The number of sulfonamides is 1. The number of aromatic nitrogens is 1. The van der Waals surface area contributed by atoms with Gasteiger partial charge in [-0.05, 0) is 45.7 Å². The number of piperidine rings is 1. The van der Waals surface area contributed by atoms with E-state index in [1.165, 1.54) is 36.4 Å². The molecule has 1 aliphatic heterocycles. The van der Waals surface area contributed by atoms with Gasteiger partial charge in [0, 0.05) is 24.9 Å². The van der Waals surface area contributed by atoms with Gasteiger partial charge in [0.2, 0.25) is 21.7 Å². The molecule has 3 rings (SSSR count). The van der Waals surface area contributed by atoms with Gasteiger partial charge in [-0.3, -0.25) is 14.4 Å². The number of esters is 1. The molecule has 0 saturated carbocycles. The molecule has 1 saturated heterocycles. The van der Waals surface area contributed by atoms with Gasteiger partial charge in [-0.2, -0.15) is 4.31 Å². The minimum Gasteiger partial charge on any atom is -0.454 e. The normalized spacial score (nSPS) is 18.0. The molecule has 180 valence electrons. The van der Waals surface area contributed by atoms with Gasteiger partial charge in [0.1, 0.15) is 10.6 Å². The largest absolute Gasteiger partial charge is 0.454 e. The summed E-state index contributed by atoms with van der Waals surface area (Å²) >= 11 is 1.22. The summed E-state index contributed by atoms with van der Waals surface area (Å²) in [5, 5.41) is 6.37. The van der Waals surface area contributed by atoms with Crippen molar-refractivity contribution >= 4 is 39.0 Å². The van der Waals surface area contributed by atoms with E-state index in [4.69, 9.17) is 9.26 Å². The van der Waals surface area contributed by atoms with Crippen molar-refractivity contribution in [2.24, 2.45) is 5.92 Å². The fourth-order valence-corrected chi connectivity index (χ4v) is 6.45. The lowest BCUT2D eigenvalue weighted by Gasteiger charge is -2.31. The summed E-state index contributed by atoms with van der Waals surface area (Å²) in [5.41, 5.74) is 0.269. The molecule has 0 bridgehead atoms. The van der Waals surface area contributed by atoms with Crippen LogP contribution in [0.5, 0.6) is 0 Å². The molecule has 2 aromatic rings. The minimum atomic E-state index is -3.87. The number of hydrogen-bond acceptors (Lipinski definition) is 9. The number of carbonyl (C=O) groups excluding carboxylic acids is 3. The van der Waals surface area contributed by atoms with Gasteiger partial charge in [-0.25, -0.2) is 8.42 Å². The van der Waals surface area contributed by atoms with Gasteiger partial charge >= 0.3 is 5.97 Å². The van der Waals surface area contributed by atoms with E-state index in [1.54, 1.807) is 19.1 Å². The van der Waals surface area contributed by atoms with Gasteiger partial charge in [0.15, 0.2) is 11.9 Å². The molecule has 1 fully saturated rings. The Kier molecular flexibility index (Phi) is 7.70. The number of Topliss-reactive ketones (excluding diaryl/α,β-unsaturated/α-hetero) is 1. The van der Waals surface area contributed by atoms with Gasteiger partial charge in [-0.1, -0.05) is 5.16 Å². The summed E-state index contributed by atoms with van der Waals surface area (Å²) < 4.78 is 37.8. The first kappa shape index (κ1) is 25.1. The summed E-state index contributed by atoms with van der Waals surface area (Å²) in [6.07, 6.45) is -0.0608. The molecule has 3 heterocycles. The highest BCUT2D eigenvalue weighted by Gasteiger charge is 2.37. The van der Waals surface area contributed by atoms with E-state index < -0.39 is 28.0 Å². The van der Waals surface area contributed by atoms with Crippen LogP contribution in [0.15, 0.2) is 21.6 Å². The van der Waals surface area contributed by atoms with Gasteiger partial charge in [-0.15, -0.1) is 11.3 Å². The molecule has 0 aliphatic carbocycles. The maximum absolute atomic E-state index is 13.1. The summed E-state index contributed by atoms with van der Waals surface area (Å²) in [7, 11) is -3.87. The Morgan fingerprint density at radius 2 is 2.06 bits per heavy atom. The molecular weight excluding hydrogens is 470 g/mol. The van der Waals surface area contributed by atoms with Gasteiger partial charge < -0.3 is 14.6 Å². The summed E-state index contributed by atoms with van der Waals surface area (Å²) in [6.45, 7) is 6.55. The molecular formula is C21H27N3O7S2. The Balaban J connectivity index is 1.63. The van der Waals surface area contributed by atoms with Crippen molar-refractivity contribution in [2.45, 2.75) is 58.1 Å². The van der Waals surface area contributed by atoms with Crippen molar-refractivity contribution < 1.29 is 32.1 Å². The molecule has 2 atom stereocenters. The number of thiophene rings is 1. The van der Waals surface area contributed by atoms with Crippen molar-refractivity contribution in [2.75, 3.05) is 13.1 Å². The average Bonchev–Trinajstić information content (AvgIpc) is 3.38. The fraction of sp³-hybridized carbons (Fsp3) is 0.524. The van der Waals surface area contributed by atoms with Crippen LogP contribution in [0.4, 0.5) is 0 Å². The number of carbonyl (C=O) groups is 3. The Morgan fingerprint density at radius 1 is 1.33 bits per heavy atom. The summed E-state index contributed by atoms with van der Waals surface area (Å²) in [6, 6.07) is 3.37. The van der Waals surface area contributed by atoms with Crippen LogP contribution in [-0.4, -0.2) is 54.7 Å². The quantitative estimate of drug-likeness (QED) is 0.433. The predicted molar refractivity (Wildman–Crippen MR) is 119 cm³/mol. The lowest BCUT2D eigenvalue weighted by molar-refractivity contribution is -0.152. The molecule has 2 unspecified atom stereocenters. The second kappa shape index (κ2) is 10.1. The highest BCUT2D eigenvalue weighted by molar-refractivity contribution is 7.89. The fourth-order valence-electron chi connectivity index (χ4n) is 3.67. The zero-order chi connectivity index (χ0) is 24.3. The highest BCUT2D eigenvalue weighted by Crippen LogP contribution is 2.28. The van der Waals surface area contributed by atoms with Gasteiger partial charge in [0.25, 0.3) is 0 Å². The van der Waals surface area contributed by atoms with E-state index in [0.29, 0.717) is 24.3 Å². The number of amides is 1. The third kappa shape index (κ3) is 5.68. The number of nitrogens with zero attached hydrogens (tertiary/aromatic N) is 2. The van der Waals surface area contributed by atoms with Crippen LogP contribution in [0.3, 0.4) is 0 Å². The number of nitrogens with one attached hydrogen (secondary N) is 1. The molecule has 10 nitrogen and oxygen atoms in total. The molecule has 33 heavy (non-hydrogen) atoms. The molecule has 1 aliphatic rings. The smallest absolute Gasteiger partial charge is 0.310 e. The number of rotatable bonds is 8. The monoisotopic (exact) mass is 497 g/mol. The Morgan fingerprint density at radius 3 is 2.70 bits per heavy atom. The molecule has 0 spiro atoms. The average molecular weight is 498 g/mol. The van der Waals surface area contributed by atoms with Crippen LogP contribution in [0, 0.1) is 19.8 Å². The topological polar surface area (TPSA) is 136 Å².